The largest absolute Gasteiger partial charge is 0.339 e. The van der Waals surface area contributed by atoms with Crippen molar-refractivity contribution in [2.45, 2.75) is 38.8 Å². The first-order chi connectivity index (χ1) is 22.7. The number of rotatable bonds is 9. The number of nitrogens with zero attached hydrogens (tertiary/aromatic N) is 4. The van der Waals surface area contributed by atoms with Crippen LogP contribution in [0.15, 0.2) is 122 Å². The molecule has 0 saturated carbocycles. The molecule has 0 aliphatic heterocycles. The molecule has 0 unspecified atom stereocenters. The smallest absolute Gasteiger partial charge is 0.0960 e. The Balaban J connectivity index is 1.06. The van der Waals surface area contributed by atoms with Gasteiger partial charge in [-0.05, 0) is 49.2 Å². The highest BCUT2D eigenvalue weighted by molar-refractivity contribution is 6.34. The van der Waals surface area contributed by atoms with Crippen LogP contribution in [-0.2, 0) is 13.1 Å². The summed E-state index contributed by atoms with van der Waals surface area (Å²) in [6.07, 6.45) is 8.21. The van der Waals surface area contributed by atoms with Gasteiger partial charge in [-0.15, -0.1) is 0 Å². The van der Waals surface area contributed by atoms with Gasteiger partial charge in [0.1, 0.15) is 0 Å². The van der Waals surface area contributed by atoms with Crippen molar-refractivity contribution in [2.24, 2.45) is 0 Å². The third kappa shape index (κ3) is 4.93. The summed E-state index contributed by atoms with van der Waals surface area (Å²) in [5.74, 6) is 0. The molecule has 0 aliphatic rings. The lowest BCUT2D eigenvalue weighted by molar-refractivity contribution is 0.559. The lowest BCUT2D eigenvalue weighted by Gasteiger charge is -2.13. The van der Waals surface area contributed by atoms with E-state index in [9.17, 15) is 0 Å². The maximum atomic E-state index is 6.68. The number of aryl methyl sites for hydroxylation is 2. The summed E-state index contributed by atoms with van der Waals surface area (Å²) < 4.78 is 4.90. The van der Waals surface area contributed by atoms with Gasteiger partial charge < -0.3 is 9.13 Å². The Morgan fingerprint density at radius 2 is 0.848 bits per heavy atom. The van der Waals surface area contributed by atoms with Crippen LogP contribution >= 0.6 is 23.2 Å². The van der Waals surface area contributed by atoms with Gasteiger partial charge in [-0.25, -0.2) is 0 Å². The molecule has 0 N–H and O–H groups in total. The monoisotopic (exact) mass is 638 g/mol. The van der Waals surface area contributed by atoms with Gasteiger partial charge in [0.15, 0.2) is 0 Å². The van der Waals surface area contributed by atoms with Crippen molar-refractivity contribution in [1.29, 1.82) is 0 Å². The molecule has 0 spiro atoms. The first kappa shape index (κ1) is 28.8. The Morgan fingerprint density at radius 3 is 1.30 bits per heavy atom. The van der Waals surface area contributed by atoms with Gasteiger partial charge in [-0.2, -0.15) is 0 Å². The number of unbranched alkanes of at least 4 members (excludes halogenated alkanes) is 3. The van der Waals surface area contributed by atoms with E-state index in [-0.39, 0.29) is 0 Å². The molecule has 4 nitrogen and oxygen atoms in total. The fourth-order valence-corrected chi connectivity index (χ4v) is 7.51. The van der Waals surface area contributed by atoms with E-state index in [1.165, 1.54) is 32.6 Å². The van der Waals surface area contributed by atoms with Gasteiger partial charge >= 0.3 is 0 Å². The van der Waals surface area contributed by atoms with Gasteiger partial charge in [-0.1, -0.05) is 109 Å². The van der Waals surface area contributed by atoms with E-state index in [1.807, 2.05) is 48.8 Å². The first-order valence-electron chi connectivity index (χ1n) is 15.9. The number of para-hydroxylation sites is 2. The molecule has 46 heavy (non-hydrogen) atoms. The summed E-state index contributed by atoms with van der Waals surface area (Å²) in [7, 11) is 0. The molecule has 0 fully saturated rings. The average Bonchev–Trinajstić information content (AvgIpc) is 3.60. The zero-order chi connectivity index (χ0) is 31.0. The van der Waals surface area contributed by atoms with E-state index in [0.29, 0.717) is 0 Å². The van der Waals surface area contributed by atoms with Crippen molar-refractivity contribution in [2.75, 3.05) is 0 Å². The number of halogens is 2. The highest BCUT2D eigenvalue weighted by Crippen LogP contribution is 2.39. The Morgan fingerprint density at radius 1 is 0.435 bits per heavy atom. The third-order valence-electron chi connectivity index (χ3n) is 9.13. The number of aromatic nitrogens is 4. The SMILES string of the molecule is Clc1ccccc1-c1nccc2c3ccccc3n(CCCCCCn3c4ccccc4c4ccnc(-c5ccccc5Cl)c43)c12. The van der Waals surface area contributed by atoms with Crippen molar-refractivity contribution in [3.05, 3.63) is 132 Å². The standard InChI is InChI=1S/C40H32Cl2N4/c41-33-17-7-3-15-31(33)37-39-29(21-23-43-37)27-13-5-9-19-35(27)45(39)25-11-1-2-12-26-46-36-20-10-6-14-28(36)30-22-24-44-38(40(30)46)32-16-4-8-18-34(32)42/h3-10,13-24H,1-2,11-12,25-26H2. The van der Waals surface area contributed by atoms with Crippen molar-refractivity contribution < 1.29 is 0 Å². The van der Waals surface area contributed by atoms with Gasteiger partial charge in [-0.3, -0.25) is 9.97 Å². The molecule has 4 aromatic carbocycles. The minimum absolute atomic E-state index is 0.720. The molecule has 0 aliphatic carbocycles. The van der Waals surface area contributed by atoms with Gasteiger partial charge in [0.05, 0.1) is 32.5 Å². The second-order valence-corrected chi connectivity index (χ2v) is 12.6. The second-order valence-electron chi connectivity index (χ2n) is 11.8. The predicted molar refractivity (Wildman–Crippen MR) is 194 cm³/mol. The predicted octanol–water partition coefficient (Wildman–Crippen LogP) is 11.6. The van der Waals surface area contributed by atoms with Crippen LogP contribution in [0.4, 0.5) is 0 Å². The minimum Gasteiger partial charge on any atom is -0.339 e. The molecule has 0 saturated heterocycles. The molecular weight excluding hydrogens is 607 g/mol. The number of hydrogen-bond donors (Lipinski definition) is 0. The van der Waals surface area contributed by atoms with E-state index in [4.69, 9.17) is 33.2 Å². The molecule has 4 aromatic heterocycles. The summed E-state index contributed by atoms with van der Waals surface area (Å²) in [6, 6.07) is 37.6. The molecule has 6 heteroatoms. The van der Waals surface area contributed by atoms with E-state index >= 15 is 0 Å². The van der Waals surface area contributed by atoms with E-state index < -0.39 is 0 Å². The Bertz CT molecular complexity index is 2200. The lowest BCUT2D eigenvalue weighted by Crippen LogP contribution is -2.02. The lowest BCUT2D eigenvalue weighted by atomic mass is 10.1. The van der Waals surface area contributed by atoms with Crippen LogP contribution in [0.3, 0.4) is 0 Å². The van der Waals surface area contributed by atoms with Crippen LogP contribution < -0.4 is 0 Å². The van der Waals surface area contributed by atoms with Crippen LogP contribution in [0, 0.1) is 0 Å². The quantitative estimate of drug-likeness (QED) is 0.147. The molecule has 0 amide bonds. The molecule has 0 bridgehead atoms. The fraction of sp³-hybridized carbons (Fsp3) is 0.150. The summed E-state index contributed by atoms with van der Waals surface area (Å²) in [5.41, 5.74) is 8.60. The zero-order valence-electron chi connectivity index (χ0n) is 25.3. The van der Waals surface area contributed by atoms with Crippen LogP contribution in [0.2, 0.25) is 10.0 Å². The highest BCUT2D eigenvalue weighted by atomic mass is 35.5. The number of pyridine rings is 2. The van der Waals surface area contributed by atoms with Gasteiger partial charge in [0.2, 0.25) is 0 Å². The summed E-state index contributed by atoms with van der Waals surface area (Å²) in [4.78, 5) is 9.69. The molecule has 0 atom stereocenters. The zero-order valence-corrected chi connectivity index (χ0v) is 26.8. The van der Waals surface area contributed by atoms with Crippen molar-refractivity contribution in [3.63, 3.8) is 0 Å². The van der Waals surface area contributed by atoms with Gasteiger partial charge in [0.25, 0.3) is 0 Å². The second kappa shape index (κ2) is 12.3. The Labute approximate surface area is 277 Å². The summed E-state index contributed by atoms with van der Waals surface area (Å²) >= 11 is 13.4. The fourth-order valence-electron chi connectivity index (χ4n) is 7.06. The molecule has 0 radical (unpaired) electrons. The molecular formula is C40H32Cl2N4. The molecule has 4 heterocycles. The van der Waals surface area contributed by atoms with E-state index in [2.05, 4.69) is 81.9 Å². The third-order valence-corrected chi connectivity index (χ3v) is 9.79. The maximum absolute atomic E-state index is 6.68. The molecule has 8 aromatic rings. The van der Waals surface area contributed by atoms with Crippen molar-refractivity contribution in [1.82, 2.24) is 19.1 Å². The van der Waals surface area contributed by atoms with Gasteiger partial charge in [0, 0.05) is 69.2 Å². The number of hydrogen-bond acceptors (Lipinski definition) is 2. The molecule has 226 valence electrons. The van der Waals surface area contributed by atoms with Crippen molar-refractivity contribution >= 4 is 66.8 Å². The Hall–Kier alpha value is -4.64. The summed E-state index contributed by atoms with van der Waals surface area (Å²) in [6.45, 7) is 1.84. The minimum atomic E-state index is 0.720. The first-order valence-corrected chi connectivity index (χ1v) is 16.7. The van der Waals surface area contributed by atoms with E-state index in [0.717, 1.165) is 82.4 Å². The molecule has 8 rings (SSSR count). The normalized spacial score (nSPS) is 11.8. The number of fused-ring (bicyclic) bond motifs is 6. The number of benzene rings is 4. The van der Waals surface area contributed by atoms with Crippen LogP contribution in [0.1, 0.15) is 25.7 Å². The maximum Gasteiger partial charge on any atom is 0.0960 e. The van der Waals surface area contributed by atoms with Crippen LogP contribution in [-0.4, -0.2) is 19.1 Å². The van der Waals surface area contributed by atoms with E-state index in [1.54, 1.807) is 0 Å². The average molecular weight is 640 g/mol. The topological polar surface area (TPSA) is 35.6 Å². The Kier molecular flexibility index (Phi) is 7.69. The van der Waals surface area contributed by atoms with Crippen LogP contribution in [0.25, 0.3) is 66.1 Å². The summed E-state index contributed by atoms with van der Waals surface area (Å²) in [5, 5.41) is 6.38. The van der Waals surface area contributed by atoms with Crippen molar-refractivity contribution in [3.8, 4) is 22.5 Å². The van der Waals surface area contributed by atoms with Crippen LogP contribution in [0.5, 0.6) is 0 Å². The highest BCUT2D eigenvalue weighted by Gasteiger charge is 2.19.